The van der Waals surface area contributed by atoms with Gasteiger partial charge in [0.25, 0.3) is 0 Å². The van der Waals surface area contributed by atoms with Crippen molar-refractivity contribution >= 4 is 38.8 Å². The van der Waals surface area contributed by atoms with E-state index in [4.69, 9.17) is 18.0 Å². The molecule has 0 fully saturated rings. The van der Waals surface area contributed by atoms with Gasteiger partial charge in [-0.15, -0.1) is 0 Å². The third-order valence-electron chi connectivity index (χ3n) is 2.82. The SMILES string of the molecule is CC(CNc1ccc(C(N)=S)c(Br)c1F)N(C)C. The van der Waals surface area contributed by atoms with Crippen LogP contribution in [0.2, 0.25) is 0 Å². The molecule has 0 bridgehead atoms. The number of hydrogen-bond donors (Lipinski definition) is 2. The van der Waals surface area contributed by atoms with Crippen LogP contribution < -0.4 is 11.1 Å². The molecule has 0 saturated heterocycles. The van der Waals surface area contributed by atoms with Gasteiger partial charge in [-0.1, -0.05) is 12.2 Å². The summed E-state index contributed by atoms with van der Waals surface area (Å²) in [7, 11) is 3.96. The van der Waals surface area contributed by atoms with Crippen molar-refractivity contribution in [2.75, 3.05) is 26.0 Å². The molecule has 100 valence electrons. The van der Waals surface area contributed by atoms with Crippen LogP contribution in [0.1, 0.15) is 12.5 Å². The zero-order chi connectivity index (χ0) is 13.9. The fourth-order valence-electron chi connectivity index (χ4n) is 1.32. The normalized spacial score (nSPS) is 12.6. The van der Waals surface area contributed by atoms with Gasteiger partial charge in [0, 0.05) is 18.2 Å². The summed E-state index contributed by atoms with van der Waals surface area (Å²) >= 11 is 8.02. The van der Waals surface area contributed by atoms with Crippen molar-refractivity contribution in [2.24, 2.45) is 5.73 Å². The van der Waals surface area contributed by atoms with Crippen molar-refractivity contribution in [2.45, 2.75) is 13.0 Å². The number of thiocarbonyl (C=S) groups is 1. The largest absolute Gasteiger partial charge is 0.389 e. The first-order chi connectivity index (χ1) is 8.34. The number of nitrogens with two attached hydrogens (primary N) is 1. The second-order valence-electron chi connectivity index (χ2n) is 4.35. The van der Waals surface area contributed by atoms with Gasteiger partial charge in [0.05, 0.1) is 10.2 Å². The highest BCUT2D eigenvalue weighted by Crippen LogP contribution is 2.27. The first-order valence-corrected chi connectivity index (χ1v) is 6.72. The predicted octanol–water partition coefficient (Wildman–Crippen LogP) is 2.58. The maximum atomic E-state index is 14.0. The molecule has 1 aromatic carbocycles. The van der Waals surface area contributed by atoms with Crippen molar-refractivity contribution < 1.29 is 4.39 Å². The molecule has 1 rings (SSSR count). The number of anilines is 1. The van der Waals surface area contributed by atoms with Gasteiger partial charge in [-0.3, -0.25) is 0 Å². The van der Waals surface area contributed by atoms with E-state index in [2.05, 4.69) is 33.1 Å². The molecule has 0 heterocycles. The Hall–Kier alpha value is -0.720. The molecule has 3 N–H and O–H groups in total. The summed E-state index contributed by atoms with van der Waals surface area (Å²) in [6.07, 6.45) is 0. The molecule has 0 radical (unpaired) electrons. The van der Waals surface area contributed by atoms with E-state index in [1.807, 2.05) is 14.1 Å². The zero-order valence-electron chi connectivity index (χ0n) is 10.6. The van der Waals surface area contributed by atoms with E-state index in [0.29, 0.717) is 28.3 Å². The molecule has 6 heteroatoms. The molecule has 0 saturated carbocycles. The van der Waals surface area contributed by atoms with E-state index in [-0.39, 0.29) is 10.8 Å². The summed E-state index contributed by atoms with van der Waals surface area (Å²) in [5, 5.41) is 3.07. The summed E-state index contributed by atoms with van der Waals surface area (Å²) < 4.78 is 14.3. The zero-order valence-corrected chi connectivity index (χ0v) is 13.0. The molecule has 3 nitrogen and oxygen atoms in total. The first-order valence-electron chi connectivity index (χ1n) is 5.52. The quantitative estimate of drug-likeness (QED) is 0.812. The first kappa shape index (κ1) is 15.3. The number of benzene rings is 1. The van der Waals surface area contributed by atoms with Crippen molar-refractivity contribution in [3.8, 4) is 0 Å². The molecule has 0 aliphatic rings. The van der Waals surface area contributed by atoms with Crippen LogP contribution in [0.15, 0.2) is 16.6 Å². The predicted molar refractivity (Wildman–Crippen MR) is 81.6 cm³/mol. The highest BCUT2D eigenvalue weighted by Gasteiger charge is 2.13. The summed E-state index contributed by atoms with van der Waals surface area (Å²) in [6.45, 7) is 2.71. The summed E-state index contributed by atoms with van der Waals surface area (Å²) in [6, 6.07) is 3.66. The van der Waals surface area contributed by atoms with Crippen molar-refractivity contribution in [1.29, 1.82) is 0 Å². The van der Waals surface area contributed by atoms with Gasteiger partial charge in [0.1, 0.15) is 4.99 Å². The van der Waals surface area contributed by atoms with Crippen LogP contribution in [0, 0.1) is 5.82 Å². The standard InChI is InChI=1S/C12H17BrFN3S/c1-7(17(2)3)6-16-9-5-4-8(12(15)18)10(13)11(9)14/h4-5,7,16H,6H2,1-3H3,(H2,15,18). The number of likely N-dealkylation sites (N-methyl/N-ethyl adjacent to an activating group) is 1. The number of hydrogen-bond acceptors (Lipinski definition) is 3. The molecule has 0 aliphatic carbocycles. The van der Waals surface area contributed by atoms with Crippen molar-refractivity contribution in [3.05, 3.63) is 28.0 Å². The molecule has 1 unspecified atom stereocenters. The van der Waals surface area contributed by atoms with Crippen molar-refractivity contribution in [1.82, 2.24) is 4.90 Å². The second-order valence-corrected chi connectivity index (χ2v) is 5.58. The lowest BCUT2D eigenvalue weighted by molar-refractivity contribution is 0.326. The van der Waals surface area contributed by atoms with Crippen LogP contribution in [-0.4, -0.2) is 36.6 Å². The van der Waals surface area contributed by atoms with Crippen LogP contribution >= 0.6 is 28.1 Å². The summed E-state index contributed by atoms with van der Waals surface area (Å²) in [5.74, 6) is -0.369. The summed E-state index contributed by atoms with van der Waals surface area (Å²) in [5.41, 5.74) is 6.45. The molecule has 1 aromatic rings. The van der Waals surface area contributed by atoms with Gasteiger partial charge < -0.3 is 16.0 Å². The van der Waals surface area contributed by atoms with Gasteiger partial charge in [0.2, 0.25) is 0 Å². The molecule has 0 aromatic heterocycles. The van der Waals surface area contributed by atoms with Gasteiger partial charge in [0.15, 0.2) is 5.82 Å². The minimum atomic E-state index is -0.369. The Labute approximate surface area is 121 Å². The Kier molecular flexibility index (Phi) is 5.49. The topological polar surface area (TPSA) is 41.3 Å². The van der Waals surface area contributed by atoms with Gasteiger partial charge >= 0.3 is 0 Å². The Morgan fingerprint density at radius 2 is 2.17 bits per heavy atom. The van der Waals surface area contributed by atoms with Crippen molar-refractivity contribution in [3.63, 3.8) is 0 Å². The van der Waals surface area contributed by atoms with Gasteiger partial charge in [-0.2, -0.15) is 0 Å². The number of rotatable bonds is 5. The highest BCUT2D eigenvalue weighted by atomic mass is 79.9. The fraction of sp³-hybridized carbons (Fsp3) is 0.417. The smallest absolute Gasteiger partial charge is 0.161 e. The van der Waals surface area contributed by atoms with Crippen LogP contribution in [0.3, 0.4) is 0 Å². The van der Waals surface area contributed by atoms with Crippen LogP contribution in [0.5, 0.6) is 0 Å². The molecule has 0 aliphatic heterocycles. The Bertz CT molecular complexity index is 451. The Balaban J connectivity index is 2.86. The third-order valence-corrected chi connectivity index (χ3v) is 3.81. The number of nitrogens with one attached hydrogen (secondary N) is 1. The average Bonchev–Trinajstić information content (AvgIpc) is 2.30. The molecular formula is C12H17BrFN3S. The van der Waals surface area contributed by atoms with Crippen LogP contribution in [-0.2, 0) is 0 Å². The molecular weight excluding hydrogens is 317 g/mol. The maximum absolute atomic E-state index is 14.0. The van der Waals surface area contributed by atoms with Crippen LogP contribution in [0.25, 0.3) is 0 Å². The maximum Gasteiger partial charge on any atom is 0.161 e. The lowest BCUT2D eigenvalue weighted by atomic mass is 10.2. The lowest BCUT2D eigenvalue weighted by Gasteiger charge is -2.21. The fourth-order valence-corrected chi connectivity index (χ4v) is 2.18. The van der Waals surface area contributed by atoms with Crippen LogP contribution in [0.4, 0.5) is 10.1 Å². The molecule has 18 heavy (non-hydrogen) atoms. The highest BCUT2D eigenvalue weighted by molar-refractivity contribution is 9.10. The molecule has 0 spiro atoms. The molecule has 0 amide bonds. The van der Waals surface area contributed by atoms with E-state index in [1.54, 1.807) is 12.1 Å². The monoisotopic (exact) mass is 333 g/mol. The third kappa shape index (κ3) is 3.63. The average molecular weight is 334 g/mol. The second kappa shape index (κ2) is 6.45. The Morgan fingerprint density at radius 3 is 2.67 bits per heavy atom. The van der Waals surface area contributed by atoms with E-state index < -0.39 is 0 Å². The van der Waals surface area contributed by atoms with E-state index in [9.17, 15) is 4.39 Å². The lowest BCUT2D eigenvalue weighted by Crippen LogP contribution is -2.31. The minimum absolute atomic E-state index is 0.175. The van der Waals surface area contributed by atoms with E-state index >= 15 is 0 Å². The van der Waals surface area contributed by atoms with E-state index in [0.717, 1.165) is 0 Å². The molecule has 1 atom stereocenters. The van der Waals surface area contributed by atoms with Gasteiger partial charge in [-0.25, -0.2) is 4.39 Å². The van der Waals surface area contributed by atoms with Gasteiger partial charge in [-0.05, 0) is 49.1 Å². The number of nitrogens with zero attached hydrogens (tertiary/aromatic N) is 1. The number of halogens is 2. The Morgan fingerprint density at radius 1 is 1.56 bits per heavy atom. The minimum Gasteiger partial charge on any atom is -0.389 e. The summed E-state index contributed by atoms with van der Waals surface area (Å²) in [4.78, 5) is 2.23. The van der Waals surface area contributed by atoms with E-state index in [1.165, 1.54) is 0 Å².